The lowest BCUT2D eigenvalue weighted by Gasteiger charge is -2.15. The quantitative estimate of drug-likeness (QED) is 0.230. The van der Waals surface area contributed by atoms with Gasteiger partial charge < -0.3 is 0 Å². The average molecular weight is 387 g/mol. The Bertz CT molecular complexity index is 577. The molecule has 0 saturated carbocycles. The molecule has 0 saturated heterocycles. The molecule has 2 atom stereocenters. The zero-order chi connectivity index (χ0) is 20.9. The van der Waals surface area contributed by atoms with Gasteiger partial charge in [-0.15, -0.1) is 0 Å². The summed E-state index contributed by atoms with van der Waals surface area (Å²) >= 11 is 0. The third kappa shape index (κ3) is 11.4. The first-order chi connectivity index (χ1) is 13.3. The first-order valence-electron chi connectivity index (χ1n) is 11.4. The van der Waals surface area contributed by atoms with Crippen LogP contribution in [-0.4, -0.2) is 11.6 Å². The van der Waals surface area contributed by atoms with Gasteiger partial charge in [-0.25, -0.2) is 0 Å². The van der Waals surface area contributed by atoms with E-state index in [1.54, 1.807) is 0 Å². The number of ketones is 2. The van der Waals surface area contributed by atoms with Crippen LogP contribution in [0.3, 0.4) is 0 Å². The summed E-state index contributed by atoms with van der Waals surface area (Å²) < 4.78 is 0. The third-order valence-corrected chi connectivity index (χ3v) is 5.84. The van der Waals surface area contributed by atoms with Gasteiger partial charge in [0, 0.05) is 5.57 Å². The Balaban J connectivity index is 2.14. The zero-order valence-corrected chi connectivity index (χ0v) is 18.9. The van der Waals surface area contributed by atoms with Crippen molar-refractivity contribution in [1.29, 1.82) is 0 Å². The number of hydrogen-bond acceptors (Lipinski definition) is 2. The Labute approximate surface area is 173 Å². The van der Waals surface area contributed by atoms with Gasteiger partial charge in [-0.05, 0) is 62.2 Å². The number of carbonyl (C=O) groups is 2. The van der Waals surface area contributed by atoms with E-state index in [1.165, 1.54) is 75.2 Å². The number of carbonyl (C=O) groups excluding carboxylic acids is 2. The monoisotopic (exact) mass is 386 g/mol. The fraction of sp³-hybridized carbons (Fsp3) is 0.692. The Hall–Kier alpha value is -1.44. The summed E-state index contributed by atoms with van der Waals surface area (Å²) in [5.74, 6) is 2.39. The van der Waals surface area contributed by atoms with Crippen LogP contribution in [0.4, 0.5) is 0 Å². The highest BCUT2D eigenvalue weighted by atomic mass is 16.1. The average Bonchev–Trinajstić information content (AvgIpc) is 2.62. The first-order valence-corrected chi connectivity index (χ1v) is 11.4. The second kappa shape index (κ2) is 13.7. The Morgan fingerprint density at radius 3 is 2.04 bits per heavy atom. The van der Waals surface area contributed by atoms with Gasteiger partial charge in [-0.3, -0.25) is 9.59 Å². The van der Waals surface area contributed by atoms with E-state index in [-0.39, 0.29) is 11.6 Å². The van der Waals surface area contributed by atoms with E-state index in [9.17, 15) is 9.59 Å². The maximum Gasteiger partial charge on any atom is 0.182 e. The molecule has 1 aliphatic carbocycles. The lowest BCUT2D eigenvalue weighted by molar-refractivity contribution is -0.114. The topological polar surface area (TPSA) is 34.1 Å². The Morgan fingerprint density at radius 2 is 1.43 bits per heavy atom. The molecule has 0 bridgehead atoms. The molecule has 0 aromatic rings. The molecule has 2 unspecified atom stereocenters. The molecule has 1 rings (SSSR count). The van der Waals surface area contributed by atoms with Crippen LogP contribution in [0.15, 0.2) is 35.5 Å². The van der Waals surface area contributed by atoms with Gasteiger partial charge in [0.2, 0.25) is 0 Å². The summed E-state index contributed by atoms with van der Waals surface area (Å²) in [6.07, 6.45) is 18.7. The summed E-state index contributed by atoms with van der Waals surface area (Å²) in [6, 6.07) is 0. The van der Waals surface area contributed by atoms with Crippen LogP contribution in [-0.2, 0) is 9.59 Å². The van der Waals surface area contributed by atoms with Crippen molar-refractivity contribution in [3.63, 3.8) is 0 Å². The van der Waals surface area contributed by atoms with Crippen molar-refractivity contribution in [2.24, 2.45) is 17.8 Å². The molecule has 2 nitrogen and oxygen atoms in total. The summed E-state index contributed by atoms with van der Waals surface area (Å²) in [5, 5.41) is 0. The van der Waals surface area contributed by atoms with Gasteiger partial charge in [0.25, 0.3) is 0 Å². The van der Waals surface area contributed by atoms with Crippen LogP contribution < -0.4 is 0 Å². The minimum absolute atomic E-state index is 0.0318. The molecule has 0 aliphatic heterocycles. The Kier molecular flexibility index (Phi) is 12.0. The largest absolute Gasteiger partial charge is 0.290 e. The Morgan fingerprint density at radius 1 is 0.857 bits per heavy atom. The lowest BCUT2D eigenvalue weighted by atomic mass is 9.91. The third-order valence-electron chi connectivity index (χ3n) is 5.84. The van der Waals surface area contributed by atoms with Gasteiger partial charge in [-0.2, -0.15) is 0 Å². The van der Waals surface area contributed by atoms with E-state index < -0.39 is 0 Å². The second-order valence-electron chi connectivity index (χ2n) is 9.38. The summed E-state index contributed by atoms with van der Waals surface area (Å²) in [5.41, 5.74) is 1.93. The summed E-state index contributed by atoms with van der Waals surface area (Å²) in [7, 11) is 0. The smallest absolute Gasteiger partial charge is 0.182 e. The lowest BCUT2D eigenvalue weighted by Crippen LogP contribution is -2.06. The molecule has 0 spiro atoms. The predicted molar refractivity (Wildman–Crippen MR) is 120 cm³/mol. The highest BCUT2D eigenvalue weighted by molar-refractivity contribution is 6.17. The van der Waals surface area contributed by atoms with E-state index >= 15 is 0 Å². The van der Waals surface area contributed by atoms with E-state index in [0.29, 0.717) is 12.0 Å². The number of hydrogen-bond donors (Lipinski definition) is 0. The molecule has 2 heteroatoms. The molecular weight excluding hydrogens is 344 g/mol. The minimum atomic E-state index is -0.0799. The van der Waals surface area contributed by atoms with Crippen LogP contribution in [0, 0.1) is 17.8 Å². The fourth-order valence-electron chi connectivity index (χ4n) is 3.81. The molecule has 0 N–H and O–H groups in total. The second-order valence-corrected chi connectivity index (χ2v) is 9.38. The molecule has 28 heavy (non-hydrogen) atoms. The maximum absolute atomic E-state index is 11.8. The van der Waals surface area contributed by atoms with Crippen LogP contribution in [0.1, 0.15) is 98.8 Å². The van der Waals surface area contributed by atoms with Crippen LogP contribution >= 0.6 is 0 Å². The normalized spacial score (nSPS) is 17.2. The van der Waals surface area contributed by atoms with Crippen LogP contribution in [0.2, 0.25) is 0 Å². The predicted octanol–water partition coefficient (Wildman–Crippen LogP) is 7.40. The minimum Gasteiger partial charge on any atom is -0.290 e. The van der Waals surface area contributed by atoms with Crippen molar-refractivity contribution < 1.29 is 9.59 Å². The van der Waals surface area contributed by atoms with Gasteiger partial charge in [-0.1, -0.05) is 84.3 Å². The van der Waals surface area contributed by atoms with Gasteiger partial charge in [0.05, 0.1) is 0 Å². The standard InChI is InChI=1S/C26H42O2/c1-20(2)9-6-10-21(3)11-7-12-22(4)13-8-14-23(5)15-16-24-19-25(27)17-18-26(24)28/h15,17-22H,6-14,16H2,1-5H3. The molecule has 0 fully saturated rings. The first kappa shape index (κ1) is 24.6. The van der Waals surface area contributed by atoms with Crippen molar-refractivity contribution in [3.05, 3.63) is 35.5 Å². The van der Waals surface area contributed by atoms with Crippen molar-refractivity contribution >= 4 is 11.6 Å². The summed E-state index contributed by atoms with van der Waals surface area (Å²) in [4.78, 5) is 23.1. The molecule has 0 radical (unpaired) electrons. The van der Waals surface area contributed by atoms with E-state index in [1.807, 2.05) is 0 Å². The van der Waals surface area contributed by atoms with Gasteiger partial charge in [0.15, 0.2) is 11.6 Å². The molecule has 158 valence electrons. The molecular formula is C26H42O2. The van der Waals surface area contributed by atoms with Crippen molar-refractivity contribution in [2.75, 3.05) is 0 Å². The maximum atomic E-state index is 11.8. The van der Waals surface area contributed by atoms with Crippen molar-refractivity contribution in [3.8, 4) is 0 Å². The van der Waals surface area contributed by atoms with Crippen molar-refractivity contribution in [1.82, 2.24) is 0 Å². The fourth-order valence-corrected chi connectivity index (χ4v) is 3.81. The molecule has 1 aliphatic rings. The molecule has 0 heterocycles. The van der Waals surface area contributed by atoms with Crippen LogP contribution in [0.5, 0.6) is 0 Å². The van der Waals surface area contributed by atoms with Gasteiger partial charge >= 0.3 is 0 Å². The molecule has 0 aromatic carbocycles. The molecule has 0 aromatic heterocycles. The number of rotatable bonds is 14. The number of allylic oxidation sites excluding steroid dienone is 6. The van der Waals surface area contributed by atoms with Crippen LogP contribution in [0.25, 0.3) is 0 Å². The highest BCUT2D eigenvalue weighted by Gasteiger charge is 2.12. The van der Waals surface area contributed by atoms with Gasteiger partial charge in [0.1, 0.15) is 0 Å². The van der Waals surface area contributed by atoms with E-state index in [4.69, 9.17) is 0 Å². The highest BCUT2D eigenvalue weighted by Crippen LogP contribution is 2.22. The van der Waals surface area contributed by atoms with E-state index in [2.05, 4.69) is 40.7 Å². The molecule has 0 amide bonds. The SMILES string of the molecule is CC(=CCC1=CC(=O)C=CC1=O)CCCC(C)CCCC(C)CCCC(C)C. The zero-order valence-electron chi connectivity index (χ0n) is 18.9. The summed E-state index contributed by atoms with van der Waals surface area (Å²) in [6.45, 7) is 11.6. The van der Waals surface area contributed by atoms with E-state index in [0.717, 1.165) is 24.2 Å². The van der Waals surface area contributed by atoms with Crippen molar-refractivity contribution in [2.45, 2.75) is 98.8 Å².